The van der Waals surface area contributed by atoms with Gasteiger partial charge >= 0.3 is 0 Å². The van der Waals surface area contributed by atoms with Gasteiger partial charge in [-0.3, -0.25) is 24.1 Å². The lowest BCUT2D eigenvalue weighted by atomic mass is 9.58. The van der Waals surface area contributed by atoms with E-state index in [0.717, 1.165) is 0 Å². The maximum atomic E-state index is 13.7. The van der Waals surface area contributed by atoms with Crippen LogP contribution in [0, 0.1) is 11.8 Å². The van der Waals surface area contributed by atoms with Crippen LogP contribution in [-0.2, 0) is 16.0 Å². The number of anilines is 1. The number of hydrogen-bond acceptors (Lipinski definition) is 11. The van der Waals surface area contributed by atoms with Crippen molar-refractivity contribution in [3.05, 3.63) is 63.9 Å². The summed E-state index contributed by atoms with van der Waals surface area (Å²) in [6.07, 6.45) is 1.38. The topological polar surface area (TPSA) is 217 Å². The predicted octanol–water partition coefficient (Wildman–Crippen LogP) is 0.361. The van der Waals surface area contributed by atoms with E-state index in [1.165, 1.54) is 29.3 Å². The van der Waals surface area contributed by atoms with Crippen LogP contribution in [0.15, 0.2) is 51.6 Å². The standard InChI is InChI=1S/C25H24N4O9/c1-29(2)17-11-8-10-7-9-3-4-12(28-24(36)13-5-6-27-38-13)18(30)14(9)19(31)15(10)21(33)25(11,37)22(34)16(20(17)32)23(26)35/h3-6,10-11,17,30,32-33,37H,7-8H2,1-2H3,(H2,26,35)(H,28,36)/t10-,11-,17-,25+/m1/s1. The molecule has 198 valence electrons. The summed E-state index contributed by atoms with van der Waals surface area (Å²) in [7, 11) is 3.11. The molecule has 0 spiro atoms. The third-order valence-corrected chi connectivity index (χ3v) is 7.50. The lowest BCUT2D eigenvalue weighted by Gasteiger charge is -2.50. The Kier molecular flexibility index (Phi) is 5.65. The average Bonchev–Trinajstić information content (AvgIpc) is 3.38. The minimum Gasteiger partial charge on any atom is -0.510 e. The molecule has 0 fully saturated rings. The first-order chi connectivity index (χ1) is 17.9. The normalized spacial score (nSPS) is 26.7. The number of nitrogens with one attached hydrogen (secondary N) is 1. The Morgan fingerprint density at radius 3 is 2.50 bits per heavy atom. The average molecular weight is 524 g/mol. The number of nitrogens with two attached hydrogens (primary N) is 1. The highest BCUT2D eigenvalue weighted by Gasteiger charge is 2.63. The van der Waals surface area contributed by atoms with Crippen molar-refractivity contribution in [2.24, 2.45) is 17.6 Å². The van der Waals surface area contributed by atoms with Gasteiger partial charge in [-0.1, -0.05) is 11.2 Å². The van der Waals surface area contributed by atoms with Crippen molar-refractivity contribution in [3.8, 4) is 5.75 Å². The van der Waals surface area contributed by atoms with E-state index in [1.54, 1.807) is 14.1 Å². The summed E-state index contributed by atoms with van der Waals surface area (Å²) < 4.78 is 4.79. The Hall–Kier alpha value is -4.49. The minimum absolute atomic E-state index is 0.0174. The predicted molar refractivity (Wildman–Crippen MR) is 128 cm³/mol. The maximum absolute atomic E-state index is 13.7. The maximum Gasteiger partial charge on any atom is 0.294 e. The molecule has 4 atom stereocenters. The first-order valence-electron chi connectivity index (χ1n) is 11.6. The molecule has 1 heterocycles. The number of Topliss-reactive ketones (excluding diaryl/α,β-unsaturated/α-hetero) is 2. The number of allylic oxidation sites excluding steroid dienone is 1. The summed E-state index contributed by atoms with van der Waals surface area (Å²) in [5.41, 5.74) is 1.51. The molecular formula is C25H24N4O9. The summed E-state index contributed by atoms with van der Waals surface area (Å²) in [5, 5.41) is 50.4. The molecule has 0 radical (unpaired) electrons. The molecule has 0 saturated heterocycles. The minimum atomic E-state index is -2.72. The zero-order valence-corrected chi connectivity index (χ0v) is 20.3. The number of rotatable bonds is 4. The third-order valence-electron chi connectivity index (χ3n) is 7.50. The van der Waals surface area contributed by atoms with E-state index in [2.05, 4.69) is 10.5 Å². The SMILES string of the molecule is CN(C)[C@H]1C(O)=C(C(N)=O)C(=O)[C@@]2(O)C(O)=C3C(=O)c4c(ccc(NC(=O)c5ccno5)c4O)C[C@@H]3C[C@H]12. The molecule has 13 nitrogen and oxygen atoms in total. The number of carbonyl (C=O) groups excluding carboxylic acids is 4. The molecule has 1 aromatic heterocycles. The number of benzene rings is 1. The number of aromatic nitrogens is 1. The van der Waals surface area contributed by atoms with E-state index in [4.69, 9.17) is 10.3 Å². The number of aromatic hydroxyl groups is 1. The van der Waals surface area contributed by atoms with Crippen molar-refractivity contribution < 1.29 is 44.1 Å². The highest BCUT2D eigenvalue weighted by Crippen LogP contribution is 2.52. The fourth-order valence-corrected chi connectivity index (χ4v) is 5.84. The summed E-state index contributed by atoms with van der Waals surface area (Å²) in [6.45, 7) is 0. The number of amides is 2. The van der Waals surface area contributed by atoms with Gasteiger partial charge in [0.15, 0.2) is 17.1 Å². The molecule has 3 aliphatic rings. The molecule has 0 aliphatic heterocycles. The molecule has 0 saturated carbocycles. The Morgan fingerprint density at radius 2 is 1.89 bits per heavy atom. The number of nitrogens with zero attached hydrogens (tertiary/aromatic N) is 2. The second kappa shape index (κ2) is 8.53. The monoisotopic (exact) mass is 524 g/mol. The van der Waals surface area contributed by atoms with E-state index < -0.39 is 69.7 Å². The lowest BCUT2D eigenvalue weighted by molar-refractivity contribution is -0.148. The Labute approximate surface area is 214 Å². The van der Waals surface area contributed by atoms with Crippen molar-refractivity contribution in [2.45, 2.75) is 24.5 Å². The molecule has 2 aromatic rings. The van der Waals surface area contributed by atoms with E-state index >= 15 is 0 Å². The summed E-state index contributed by atoms with van der Waals surface area (Å²) >= 11 is 0. The van der Waals surface area contributed by atoms with Crippen molar-refractivity contribution in [3.63, 3.8) is 0 Å². The summed E-state index contributed by atoms with van der Waals surface area (Å²) in [6, 6.07) is 3.18. The van der Waals surface area contributed by atoms with Gasteiger partial charge in [-0.25, -0.2) is 0 Å². The van der Waals surface area contributed by atoms with E-state index in [1.807, 2.05) is 0 Å². The number of likely N-dealkylation sites (N-methyl/N-ethyl adjacent to an activating group) is 1. The third kappa shape index (κ3) is 3.35. The number of aliphatic hydroxyl groups is 3. The number of carbonyl (C=O) groups is 4. The summed E-state index contributed by atoms with van der Waals surface area (Å²) in [4.78, 5) is 52.8. The van der Waals surface area contributed by atoms with Crippen molar-refractivity contribution in [2.75, 3.05) is 19.4 Å². The van der Waals surface area contributed by atoms with Crippen molar-refractivity contribution in [1.82, 2.24) is 10.1 Å². The highest BCUT2D eigenvalue weighted by atomic mass is 16.5. The van der Waals surface area contributed by atoms with Gasteiger partial charge in [-0.15, -0.1) is 0 Å². The fourth-order valence-electron chi connectivity index (χ4n) is 5.84. The van der Waals surface area contributed by atoms with Crippen molar-refractivity contribution >= 4 is 29.1 Å². The Morgan fingerprint density at radius 1 is 1.18 bits per heavy atom. The molecular weight excluding hydrogens is 500 g/mol. The molecule has 2 amide bonds. The Bertz CT molecular complexity index is 1470. The zero-order chi connectivity index (χ0) is 27.7. The molecule has 1 aromatic carbocycles. The molecule has 3 aliphatic carbocycles. The largest absolute Gasteiger partial charge is 0.510 e. The van der Waals surface area contributed by atoms with Gasteiger partial charge in [-0.2, -0.15) is 0 Å². The van der Waals surface area contributed by atoms with Crippen LogP contribution in [0.2, 0.25) is 0 Å². The van der Waals surface area contributed by atoms with Crippen LogP contribution in [0.1, 0.15) is 32.9 Å². The quantitative estimate of drug-likeness (QED) is 0.237. The van der Waals surface area contributed by atoms with Crippen molar-refractivity contribution in [1.29, 1.82) is 0 Å². The first-order valence-corrected chi connectivity index (χ1v) is 11.6. The lowest BCUT2D eigenvalue weighted by Crippen LogP contribution is -2.63. The van der Waals surface area contributed by atoms with Crippen LogP contribution in [0.25, 0.3) is 0 Å². The number of fused-ring (bicyclic) bond motifs is 3. The van der Waals surface area contributed by atoms with Crippen LogP contribution in [0.5, 0.6) is 5.75 Å². The number of primary amides is 1. The van der Waals surface area contributed by atoms with Gasteiger partial charge in [0.05, 0.1) is 23.5 Å². The highest BCUT2D eigenvalue weighted by molar-refractivity contribution is 6.25. The van der Waals surface area contributed by atoms with Crippen LogP contribution in [0.4, 0.5) is 5.69 Å². The van der Waals surface area contributed by atoms with E-state index in [0.29, 0.717) is 5.56 Å². The number of phenols is 1. The van der Waals surface area contributed by atoms with Crippen LogP contribution >= 0.6 is 0 Å². The summed E-state index contributed by atoms with van der Waals surface area (Å²) in [5.74, 6) is -8.31. The van der Waals surface area contributed by atoms with Gasteiger partial charge in [0, 0.05) is 17.6 Å². The zero-order valence-electron chi connectivity index (χ0n) is 20.3. The first kappa shape index (κ1) is 25.2. The fraction of sp³-hybridized carbons (Fsp3) is 0.320. The molecule has 5 rings (SSSR count). The number of phenolic OH excluding ortho intramolecular Hbond substituents is 1. The Balaban J connectivity index is 1.62. The van der Waals surface area contributed by atoms with E-state index in [9.17, 15) is 39.6 Å². The van der Waals surface area contributed by atoms with Crippen LogP contribution in [-0.4, -0.2) is 79.6 Å². The van der Waals surface area contributed by atoms with Gasteiger partial charge in [0.1, 0.15) is 17.1 Å². The van der Waals surface area contributed by atoms with E-state index in [-0.39, 0.29) is 35.4 Å². The number of hydrogen-bond donors (Lipinski definition) is 6. The molecule has 13 heteroatoms. The smallest absolute Gasteiger partial charge is 0.294 e. The molecule has 7 N–H and O–H groups in total. The van der Waals surface area contributed by atoms with Crippen LogP contribution in [0.3, 0.4) is 0 Å². The second-order valence-corrected chi connectivity index (χ2v) is 9.79. The number of aliphatic hydroxyl groups excluding tert-OH is 2. The van der Waals surface area contributed by atoms with Gasteiger partial charge in [0.25, 0.3) is 11.8 Å². The second-order valence-electron chi connectivity index (χ2n) is 9.79. The van der Waals surface area contributed by atoms with Gasteiger partial charge in [0.2, 0.25) is 11.5 Å². The van der Waals surface area contributed by atoms with Crippen LogP contribution < -0.4 is 11.1 Å². The molecule has 0 bridgehead atoms. The molecule has 0 unspecified atom stereocenters. The molecule has 38 heavy (non-hydrogen) atoms. The number of ketones is 2. The van der Waals surface area contributed by atoms with Gasteiger partial charge in [-0.05, 0) is 44.5 Å². The van der Waals surface area contributed by atoms with Gasteiger partial charge < -0.3 is 36.0 Å².